The Morgan fingerprint density at radius 3 is 2.51 bits per heavy atom. The summed E-state index contributed by atoms with van der Waals surface area (Å²) in [6.45, 7) is 8.86. The van der Waals surface area contributed by atoms with Crippen molar-refractivity contribution in [1.29, 1.82) is 0 Å². The van der Waals surface area contributed by atoms with Crippen molar-refractivity contribution in [1.82, 2.24) is 25.2 Å². The lowest BCUT2D eigenvalue weighted by Crippen LogP contribution is -2.57. The molecule has 2 aromatic rings. The number of aromatic nitrogens is 1. The minimum Gasteiger partial charge on any atom is -0.483 e. The van der Waals surface area contributed by atoms with E-state index in [4.69, 9.17) is 9.47 Å². The van der Waals surface area contributed by atoms with Crippen molar-refractivity contribution in [3.8, 4) is 5.75 Å². The van der Waals surface area contributed by atoms with Gasteiger partial charge < -0.3 is 25.0 Å². The summed E-state index contributed by atoms with van der Waals surface area (Å²) in [6, 6.07) is -0.275. The Morgan fingerprint density at radius 1 is 1.09 bits per heavy atom. The van der Waals surface area contributed by atoms with Crippen LogP contribution in [-0.4, -0.2) is 83.7 Å². The second-order valence-electron chi connectivity index (χ2n) is 17.4. The van der Waals surface area contributed by atoms with Gasteiger partial charge in [-0.2, -0.15) is 13.2 Å². The molecule has 0 radical (unpaired) electrons. The van der Waals surface area contributed by atoms with Crippen molar-refractivity contribution < 1.29 is 50.2 Å². The fourth-order valence-electron chi connectivity index (χ4n) is 7.63. The third-order valence-electron chi connectivity index (χ3n) is 11.3. The first-order valence-corrected chi connectivity index (χ1v) is 21.0. The zero-order valence-electron chi connectivity index (χ0n) is 33.0. The van der Waals surface area contributed by atoms with Crippen molar-refractivity contribution >= 4 is 44.7 Å². The third-order valence-corrected chi connectivity index (χ3v) is 13.4. The highest BCUT2D eigenvalue weighted by Gasteiger charge is 2.54. The van der Waals surface area contributed by atoms with Crippen LogP contribution in [0, 0.1) is 12.3 Å². The molecule has 4 heterocycles. The highest BCUT2D eigenvalue weighted by Crippen LogP contribution is 2.46. The molecule has 3 N–H and O–H groups in total. The van der Waals surface area contributed by atoms with Crippen molar-refractivity contribution in [2.75, 3.05) is 13.2 Å². The zero-order chi connectivity index (χ0) is 41.6. The second kappa shape index (κ2) is 15.7. The van der Waals surface area contributed by atoms with Crippen LogP contribution >= 0.6 is 0 Å². The Bertz CT molecular complexity index is 2060. The van der Waals surface area contributed by atoms with Gasteiger partial charge in [-0.15, -0.1) is 0 Å². The molecule has 0 unspecified atom stereocenters. The van der Waals surface area contributed by atoms with Gasteiger partial charge in [0.15, 0.2) is 0 Å². The number of halogens is 3. The summed E-state index contributed by atoms with van der Waals surface area (Å²) in [7, 11) is -4.04. The molecule has 1 aromatic heterocycles. The van der Waals surface area contributed by atoms with Crippen LogP contribution in [0.4, 0.5) is 18.0 Å². The number of sulfonamides is 1. The van der Waals surface area contributed by atoms with Gasteiger partial charge in [-0.1, -0.05) is 45.8 Å². The fraction of sp³-hybridized carbons (Fsp3) is 0.625. The van der Waals surface area contributed by atoms with E-state index in [-0.39, 0.29) is 61.8 Å². The Morgan fingerprint density at radius 2 is 1.82 bits per heavy atom. The topological polar surface area (TPSA) is 173 Å². The van der Waals surface area contributed by atoms with Crippen LogP contribution in [0.3, 0.4) is 0 Å². The van der Waals surface area contributed by atoms with Gasteiger partial charge >= 0.3 is 12.3 Å². The van der Waals surface area contributed by atoms with E-state index in [9.17, 15) is 40.8 Å². The summed E-state index contributed by atoms with van der Waals surface area (Å²) in [5.74, 6) is -1.95. The summed E-state index contributed by atoms with van der Waals surface area (Å²) in [5.41, 5.74) is -1.05. The average Bonchev–Trinajstić information content (AvgIpc) is 3.79. The Balaban J connectivity index is 1.34. The van der Waals surface area contributed by atoms with Gasteiger partial charge in [0, 0.05) is 17.4 Å². The molecule has 312 valence electrons. The molecular weight excluding hydrogens is 768 g/mol. The molecule has 3 aliphatic heterocycles. The number of allylic oxidation sites excluding steroid dienone is 1. The van der Waals surface area contributed by atoms with Crippen molar-refractivity contribution in [3.63, 3.8) is 0 Å². The number of fused-ring (bicyclic) bond motifs is 4. The van der Waals surface area contributed by atoms with Gasteiger partial charge in [-0.3, -0.25) is 19.1 Å². The number of hydrogen-bond donors (Lipinski definition) is 3. The molecule has 1 saturated heterocycles. The number of nitrogens with zero attached hydrogens (tertiary/aromatic N) is 2. The third kappa shape index (κ3) is 9.50. The predicted octanol–water partition coefficient (Wildman–Crippen LogP) is 5.76. The second-order valence-corrected chi connectivity index (χ2v) is 19.6. The lowest BCUT2D eigenvalue weighted by Gasteiger charge is -2.37. The molecule has 4 amide bonds. The number of pyridine rings is 1. The smallest absolute Gasteiger partial charge is 0.416 e. The van der Waals surface area contributed by atoms with Gasteiger partial charge in [0.05, 0.1) is 34.7 Å². The molecular formula is C40H52F3N5O8S. The Kier molecular flexibility index (Phi) is 11.7. The standard InChI is InChI=1S/C40H52F3N5O8S/c1-24-32-26(27-20-25(40(41,42)43)14-15-28(27)44-24)16-17-39(56-32)21-31-34(50)45-29(33(49)47-57(53,54)38(5)18-19-38)12-10-8-6-7-9-11-13-30(35(51)48(31)22-39)46-36(52)55-23-37(2,3)4/h8,10,14-15,20,29-31H,6-7,9,11-13,16-19,21-23H2,1-5H3,(H,45,50)(H,46,52)(H,47,49)/b10-8-/t29-,30+,31+,39-/m1/s1. The number of nitrogens with one attached hydrogen (secondary N) is 3. The van der Waals surface area contributed by atoms with Gasteiger partial charge in [0.2, 0.25) is 21.8 Å². The first kappa shape index (κ1) is 42.2. The van der Waals surface area contributed by atoms with E-state index < -0.39 is 74.1 Å². The number of hydrogen-bond acceptors (Lipinski definition) is 9. The molecule has 4 atom stereocenters. The first-order chi connectivity index (χ1) is 26.6. The van der Waals surface area contributed by atoms with E-state index in [0.29, 0.717) is 48.9 Å². The maximum atomic E-state index is 14.6. The van der Waals surface area contributed by atoms with E-state index in [1.807, 2.05) is 26.8 Å². The number of alkyl carbamates (subject to hydrolysis) is 1. The predicted molar refractivity (Wildman–Crippen MR) is 204 cm³/mol. The lowest BCUT2D eigenvalue weighted by atomic mass is 9.87. The number of carbonyl (C=O) groups excluding carboxylic acids is 4. The molecule has 1 saturated carbocycles. The van der Waals surface area contributed by atoms with Crippen molar-refractivity contribution in [2.45, 2.75) is 140 Å². The minimum atomic E-state index is -4.58. The number of ether oxygens (including phenoxy) is 2. The van der Waals surface area contributed by atoms with Crippen molar-refractivity contribution in [3.05, 3.63) is 47.2 Å². The number of carbonyl (C=O) groups is 4. The van der Waals surface area contributed by atoms with E-state index in [2.05, 4.69) is 20.3 Å². The number of benzene rings is 1. The molecule has 6 rings (SSSR count). The normalized spacial score (nSPS) is 26.2. The molecule has 2 fully saturated rings. The molecule has 0 bridgehead atoms. The van der Waals surface area contributed by atoms with Crippen LogP contribution in [0.5, 0.6) is 5.75 Å². The molecule has 13 nitrogen and oxygen atoms in total. The zero-order valence-corrected chi connectivity index (χ0v) is 33.8. The van der Waals surface area contributed by atoms with Crippen molar-refractivity contribution in [2.24, 2.45) is 5.41 Å². The van der Waals surface area contributed by atoms with Gasteiger partial charge in [0.25, 0.3) is 5.91 Å². The molecule has 57 heavy (non-hydrogen) atoms. The van der Waals surface area contributed by atoms with Crippen LogP contribution in [0.25, 0.3) is 10.9 Å². The van der Waals surface area contributed by atoms with Crippen LogP contribution in [0.2, 0.25) is 0 Å². The summed E-state index contributed by atoms with van der Waals surface area (Å²) in [4.78, 5) is 61.5. The molecule has 1 aromatic carbocycles. The SMILES string of the molecule is Cc1nc2ccc(C(F)(F)F)cc2c2c1O[C@]1(CC2)C[C@H]2C(=O)N[C@@H](C(=O)NS(=O)(=O)C3(C)CC3)C/C=C\CCCCC[C@H](NC(=O)OCC(C)(C)C)C(=O)N2C1. The molecule has 1 spiro atoms. The highest BCUT2D eigenvalue weighted by atomic mass is 32.2. The highest BCUT2D eigenvalue weighted by molar-refractivity contribution is 7.91. The van der Waals surface area contributed by atoms with E-state index >= 15 is 0 Å². The first-order valence-electron chi connectivity index (χ1n) is 19.6. The molecule has 17 heteroatoms. The Hall–Kier alpha value is -4.41. The summed E-state index contributed by atoms with van der Waals surface area (Å²) in [6.07, 6.45) is 2.25. The van der Waals surface area contributed by atoms with E-state index in [1.165, 1.54) is 11.0 Å². The van der Waals surface area contributed by atoms with Gasteiger partial charge in [-0.25, -0.2) is 18.2 Å². The van der Waals surface area contributed by atoms with Crippen LogP contribution < -0.4 is 20.1 Å². The summed E-state index contributed by atoms with van der Waals surface area (Å²) < 4.78 is 80.5. The summed E-state index contributed by atoms with van der Waals surface area (Å²) >= 11 is 0. The number of rotatable bonds is 5. The maximum Gasteiger partial charge on any atom is 0.416 e. The minimum absolute atomic E-state index is 0.0128. The average molecular weight is 820 g/mol. The van der Waals surface area contributed by atoms with Crippen LogP contribution in [0.15, 0.2) is 30.4 Å². The quantitative estimate of drug-likeness (QED) is 0.317. The molecule has 1 aliphatic carbocycles. The Labute approximate surface area is 330 Å². The monoisotopic (exact) mass is 819 g/mol. The number of amides is 4. The fourth-order valence-corrected chi connectivity index (χ4v) is 8.92. The van der Waals surface area contributed by atoms with E-state index in [1.54, 1.807) is 19.9 Å². The van der Waals surface area contributed by atoms with Crippen LogP contribution in [-0.2, 0) is 41.7 Å². The van der Waals surface area contributed by atoms with E-state index in [0.717, 1.165) is 18.6 Å². The van der Waals surface area contributed by atoms with Gasteiger partial charge in [-0.05, 0) is 88.8 Å². The summed E-state index contributed by atoms with van der Waals surface area (Å²) in [5, 5.41) is 5.72. The molecule has 4 aliphatic rings. The van der Waals surface area contributed by atoms with Gasteiger partial charge in [0.1, 0.15) is 29.5 Å². The number of alkyl halides is 3. The lowest BCUT2D eigenvalue weighted by molar-refractivity contribution is -0.141. The number of aryl methyl sites for hydroxylation is 2. The van der Waals surface area contributed by atoms with Crippen LogP contribution in [0.1, 0.15) is 109 Å². The largest absolute Gasteiger partial charge is 0.483 e. The maximum absolute atomic E-state index is 14.6.